The minimum Gasteiger partial charge on any atom is -0.494 e. The molecule has 0 amide bonds. The lowest BCUT2D eigenvalue weighted by Crippen LogP contribution is -2.00. The van der Waals surface area contributed by atoms with Crippen molar-refractivity contribution in [1.29, 1.82) is 5.26 Å². The summed E-state index contributed by atoms with van der Waals surface area (Å²) < 4.78 is 5.70. The number of nitrogens with zero attached hydrogens (tertiary/aromatic N) is 1. The van der Waals surface area contributed by atoms with Gasteiger partial charge in [0.2, 0.25) is 0 Å². The Morgan fingerprint density at radius 3 is 2.64 bits per heavy atom. The largest absolute Gasteiger partial charge is 0.494 e. The number of hydrogen-bond acceptors (Lipinski definition) is 3. The summed E-state index contributed by atoms with van der Waals surface area (Å²) in [6.45, 7) is 1.42. The smallest absolute Gasteiger partial charge is 0.161 e. The second kappa shape index (κ2) is 4.25. The first-order chi connectivity index (χ1) is 6.61. The van der Waals surface area contributed by atoms with Gasteiger partial charge in [-0.25, -0.2) is 0 Å². The topological polar surface area (TPSA) is 50.1 Å². The number of benzene rings is 1. The van der Waals surface area contributed by atoms with Crippen LogP contribution in [0.1, 0.15) is 22.8 Å². The molecule has 4 heteroatoms. The molecule has 1 rings (SSSR count). The van der Waals surface area contributed by atoms with Gasteiger partial charge in [-0.05, 0) is 35.0 Å². The molecule has 0 aliphatic carbocycles. The van der Waals surface area contributed by atoms with Gasteiger partial charge in [0.1, 0.15) is 11.6 Å². The normalized spacial score (nSPS) is 9.29. The predicted octanol–water partition coefficient (Wildman–Crippen LogP) is 2.53. The van der Waals surface area contributed by atoms with E-state index in [-0.39, 0.29) is 11.3 Å². The number of Topliss-reactive ketones (excluding diaryl/α,β-unsaturated/α-hetero) is 1. The Morgan fingerprint density at radius 2 is 2.21 bits per heavy atom. The van der Waals surface area contributed by atoms with Crippen LogP contribution in [0.2, 0.25) is 0 Å². The van der Waals surface area contributed by atoms with Gasteiger partial charge in [0.05, 0.1) is 11.6 Å². The van der Waals surface area contributed by atoms with E-state index in [2.05, 4.69) is 15.9 Å². The zero-order chi connectivity index (χ0) is 10.7. The Labute approximate surface area is 90.4 Å². The second-order valence-corrected chi connectivity index (χ2v) is 3.53. The zero-order valence-corrected chi connectivity index (χ0v) is 9.38. The molecule has 14 heavy (non-hydrogen) atoms. The van der Waals surface area contributed by atoms with Crippen LogP contribution < -0.4 is 4.74 Å². The summed E-state index contributed by atoms with van der Waals surface area (Å²) in [6.07, 6.45) is 0. The fraction of sp³-hybridized carbons (Fsp3) is 0.200. The van der Waals surface area contributed by atoms with Crippen molar-refractivity contribution in [3.8, 4) is 11.8 Å². The van der Waals surface area contributed by atoms with Crippen molar-refractivity contribution in [1.82, 2.24) is 0 Å². The highest BCUT2D eigenvalue weighted by Crippen LogP contribution is 2.31. The van der Waals surface area contributed by atoms with Gasteiger partial charge in [0, 0.05) is 5.56 Å². The van der Waals surface area contributed by atoms with Gasteiger partial charge in [-0.1, -0.05) is 0 Å². The van der Waals surface area contributed by atoms with Gasteiger partial charge in [0.15, 0.2) is 11.5 Å². The van der Waals surface area contributed by atoms with Crippen molar-refractivity contribution in [3.05, 3.63) is 27.7 Å². The molecule has 1 aromatic rings. The van der Waals surface area contributed by atoms with Crippen LogP contribution in [-0.2, 0) is 0 Å². The summed E-state index contributed by atoms with van der Waals surface area (Å²) >= 11 is 3.24. The average Bonchev–Trinajstić information content (AvgIpc) is 2.16. The van der Waals surface area contributed by atoms with Crippen LogP contribution in [0.15, 0.2) is 16.6 Å². The Balaban J connectivity index is 3.50. The number of rotatable bonds is 2. The number of methoxy groups -OCH3 is 1. The number of hydrogen-bond donors (Lipinski definition) is 0. The number of halogens is 1. The van der Waals surface area contributed by atoms with E-state index in [0.29, 0.717) is 15.8 Å². The van der Waals surface area contributed by atoms with Crippen molar-refractivity contribution in [3.63, 3.8) is 0 Å². The summed E-state index contributed by atoms with van der Waals surface area (Å²) in [5.41, 5.74) is 0.655. The second-order valence-electron chi connectivity index (χ2n) is 2.67. The molecule has 0 atom stereocenters. The quantitative estimate of drug-likeness (QED) is 0.762. The molecule has 0 spiro atoms. The molecule has 0 aromatic heterocycles. The fourth-order valence-corrected chi connectivity index (χ4v) is 1.65. The van der Waals surface area contributed by atoms with E-state index in [1.807, 2.05) is 6.07 Å². The van der Waals surface area contributed by atoms with Crippen molar-refractivity contribution in [2.24, 2.45) is 0 Å². The van der Waals surface area contributed by atoms with E-state index in [0.717, 1.165) is 0 Å². The Morgan fingerprint density at radius 1 is 1.57 bits per heavy atom. The Hall–Kier alpha value is -1.34. The standard InChI is InChI=1S/C10H8BrNO2/c1-6(13)7-3-4-9(11)10(14-2)8(7)5-12/h3-4H,1-2H3. The molecule has 0 aliphatic rings. The number of ether oxygens (including phenoxy) is 1. The number of nitriles is 1. The van der Waals surface area contributed by atoms with Crippen LogP contribution in [-0.4, -0.2) is 12.9 Å². The lowest BCUT2D eigenvalue weighted by Gasteiger charge is -2.07. The fourth-order valence-electron chi connectivity index (χ4n) is 1.16. The summed E-state index contributed by atoms with van der Waals surface area (Å²) in [5.74, 6) is 0.257. The first kappa shape index (κ1) is 10.7. The maximum absolute atomic E-state index is 11.2. The van der Waals surface area contributed by atoms with Gasteiger partial charge < -0.3 is 4.74 Å². The van der Waals surface area contributed by atoms with E-state index in [1.54, 1.807) is 12.1 Å². The van der Waals surface area contributed by atoms with Gasteiger partial charge in [-0.3, -0.25) is 4.79 Å². The molecule has 0 N–H and O–H groups in total. The van der Waals surface area contributed by atoms with Crippen molar-refractivity contribution >= 4 is 21.7 Å². The van der Waals surface area contributed by atoms with E-state index in [1.165, 1.54) is 14.0 Å². The third kappa shape index (κ3) is 1.78. The monoisotopic (exact) mass is 253 g/mol. The van der Waals surface area contributed by atoms with Gasteiger partial charge >= 0.3 is 0 Å². The molecule has 0 radical (unpaired) electrons. The molecule has 0 fully saturated rings. The summed E-state index contributed by atoms with van der Waals surface area (Å²) in [7, 11) is 1.46. The highest BCUT2D eigenvalue weighted by molar-refractivity contribution is 9.10. The molecular weight excluding hydrogens is 246 g/mol. The molecule has 0 saturated carbocycles. The molecular formula is C10H8BrNO2. The van der Waals surface area contributed by atoms with E-state index >= 15 is 0 Å². The summed E-state index contributed by atoms with van der Waals surface area (Å²) in [4.78, 5) is 11.2. The summed E-state index contributed by atoms with van der Waals surface area (Å²) in [5, 5.41) is 8.90. The van der Waals surface area contributed by atoms with Crippen LogP contribution in [0.4, 0.5) is 0 Å². The molecule has 0 aliphatic heterocycles. The molecule has 0 heterocycles. The van der Waals surface area contributed by atoms with Crippen molar-refractivity contribution < 1.29 is 9.53 Å². The van der Waals surface area contributed by atoms with E-state index < -0.39 is 0 Å². The summed E-state index contributed by atoms with van der Waals surface area (Å²) in [6, 6.07) is 5.26. The van der Waals surface area contributed by atoms with Crippen LogP contribution in [0.3, 0.4) is 0 Å². The maximum atomic E-state index is 11.2. The van der Waals surface area contributed by atoms with E-state index in [4.69, 9.17) is 10.00 Å². The lowest BCUT2D eigenvalue weighted by molar-refractivity contribution is 0.101. The first-order valence-electron chi connectivity index (χ1n) is 3.89. The van der Waals surface area contributed by atoms with Crippen LogP contribution in [0, 0.1) is 11.3 Å². The molecule has 3 nitrogen and oxygen atoms in total. The third-order valence-electron chi connectivity index (χ3n) is 1.80. The van der Waals surface area contributed by atoms with Crippen LogP contribution >= 0.6 is 15.9 Å². The van der Waals surface area contributed by atoms with Gasteiger partial charge in [0.25, 0.3) is 0 Å². The molecule has 72 valence electrons. The highest BCUT2D eigenvalue weighted by atomic mass is 79.9. The van der Waals surface area contributed by atoms with Gasteiger partial charge in [-0.15, -0.1) is 0 Å². The Kier molecular flexibility index (Phi) is 3.26. The number of carbonyl (C=O) groups is 1. The minimum absolute atomic E-state index is 0.146. The predicted molar refractivity (Wildman–Crippen MR) is 55.4 cm³/mol. The van der Waals surface area contributed by atoms with E-state index in [9.17, 15) is 4.79 Å². The SMILES string of the molecule is COc1c(Br)ccc(C(C)=O)c1C#N. The molecule has 0 bridgehead atoms. The highest BCUT2D eigenvalue weighted by Gasteiger charge is 2.14. The van der Waals surface area contributed by atoms with Crippen molar-refractivity contribution in [2.45, 2.75) is 6.92 Å². The van der Waals surface area contributed by atoms with Crippen molar-refractivity contribution in [2.75, 3.05) is 7.11 Å². The van der Waals surface area contributed by atoms with Gasteiger partial charge in [-0.2, -0.15) is 5.26 Å². The van der Waals surface area contributed by atoms with Crippen LogP contribution in [0.5, 0.6) is 5.75 Å². The molecule has 0 unspecified atom stereocenters. The average molecular weight is 254 g/mol. The Bertz CT molecular complexity index is 421. The molecule has 0 saturated heterocycles. The minimum atomic E-state index is -0.146. The zero-order valence-electron chi connectivity index (χ0n) is 7.80. The number of ketones is 1. The van der Waals surface area contributed by atoms with Crippen LogP contribution in [0.25, 0.3) is 0 Å². The first-order valence-corrected chi connectivity index (χ1v) is 4.68. The lowest BCUT2D eigenvalue weighted by atomic mass is 10.0. The number of carbonyl (C=O) groups excluding carboxylic acids is 1. The molecule has 1 aromatic carbocycles. The third-order valence-corrected chi connectivity index (χ3v) is 2.43. The maximum Gasteiger partial charge on any atom is 0.161 e.